The second-order valence-corrected chi connectivity index (χ2v) is 11.0. The summed E-state index contributed by atoms with van der Waals surface area (Å²) >= 11 is 0. The van der Waals surface area contributed by atoms with Gasteiger partial charge in [-0.15, -0.1) is 0 Å². The molecule has 1 N–H and O–H groups in total. The quantitative estimate of drug-likeness (QED) is 0.390. The molecule has 0 radical (unpaired) electrons. The summed E-state index contributed by atoms with van der Waals surface area (Å²) in [7, 11) is -3.45. The van der Waals surface area contributed by atoms with E-state index in [-0.39, 0.29) is 5.43 Å². The molecule has 0 aliphatic carbocycles. The number of sulfonamides is 1. The molecule has 0 saturated carbocycles. The smallest absolute Gasteiger partial charge is 0.229 e. The minimum absolute atomic E-state index is 0.180. The third-order valence-electron chi connectivity index (χ3n) is 6.72. The molecule has 9 heteroatoms. The fourth-order valence-electron chi connectivity index (χ4n) is 4.87. The van der Waals surface area contributed by atoms with Gasteiger partial charge in [-0.25, -0.2) is 13.4 Å². The molecule has 1 aliphatic heterocycles. The molecular formula is C28H25N5O3S. The third kappa shape index (κ3) is 4.65. The number of fused-ring (bicyclic) bond motifs is 3. The minimum Gasteiger partial charge on any atom is -0.367 e. The number of para-hydroxylation sites is 1. The lowest BCUT2D eigenvalue weighted by Gasteiger charge is -2.36. The number of rotatable bonds is 4. The molecule has 2 aromatic heterocycles. The fraction of sp³-hybridized carbons (Fsp3) is 0.179. The number of pyridine rings is 2. The first-order valence-corrected chi connectivity index (χ1v) is 13.9. The Bertz CT molecular complexity index is 1830. The zero-order chi connectivity index (χ0) is 25.6. The Labute approximate surface area is 214 Å². The van der Waals surface area contributed by atoms with E-state index >= 15 is 0 Å². The molecule has 186 valence electrons. The molecule has 0 bridgehead atoms. The average Bonchev–Trinajstić information content (AvgIpc) is 3.04. The van der Waals surface area contributed by atoms with Crippen molar-refractivity contribution >= 4 is 59.8 Å². The van der Waals surface area contributed by atoms with Gasteiger partial charge in [-0.05, 0) is 47.9 Å². The van der Waals surface area contributed by atoms with Crippen LogP contribution in [0.3, 0.4) is 0 Å². The first-order valence-electron chi connectivity index (χ1n) is 12.0. The van der Waals surface area contributed by atoms with E-state index in [0.29, 0.717) is 22.0 Å². The number of nitrogens with one attached hydrogen (secondary N) is 1. The van der Waals surface area contributed by atoms with Crippen LogP contribution in [0.25, 0.3) is 32.6 Å². The summed E-state index contributed by atoms with van der Waals surface area (Å²) in [6.45, 7) is 3.16. The van der Waals surface area contributed by atoms with Crippen molar-refractivity contribution in [2.75, 3.05) is 47.0 Å². The summed E-state index contributed by atoms with van der Waals surface area (Å²) in [6.07, 6.45) is 2.90. The van der Waals surface area contributed by atoms with E-state index in [0.717, 1.165) is 60.2 Å². The number of hydrogen-bond donors (Lipinski definition) is 1. The van der Waals surface area contributed by atoms with Crippen LogP contribution in [0.5, 0.6) is 0 Å². The predicted molar refractivity (Wildman–Crippen MR) is 150 cm³/mol. The third-order valence-corrected chi connectivity index (χ3v) is 7.33. The Kier molecular flexibility index (Phi) is 5.64. The Morgan fingerprint density at radius 1 is 0.784 bits per heavy atom. The second-order valence-electron chi connectivity index (χ2n) is 9.30. The van der Waals surface area contributed by atoms with Crippen molar-refractivity contribution in [2.45, 2.75) is 0 Å². The molecule has 37 heavy (non-hydrogen) atoms. The fourth-order valence-corrected chi connectivity index (χ4v) is 5.42. The highest BCUT2D eigenvalue weighted by molar-refractivity contribution is 7.92. The molecule has 5 aromatic rings. The zero-order valence-electron chi connectivity index (χ0n) is 20.3. The van der Waals surface area contributed by atoms with Crippen molar-refractivity contribution in [1.82, 2.24) is 9.97 Å². The number of hydrogen-bond acceptors (Lipinski definition) is 7. The van der Waals surface area contributed by atoms with Gasteiger partial charge in [-0.1, -0.05) is 30.3 Å². The lowest BCUT2D eigenvalue weighted by Crippen LogP contribution is -2.46. The molecule has 0 spiro atoms. The van der Waals surface area contributed by atoms with Crippen LogP contribution in [0.1, 0.15) is 0 Å². The van der Waals surface area contributed by atoms with E-state index in [1.165, 1.54) is 0 Å². The van der Waals surface area contributed by atoms with E-state index < -0.39 is 10.0 Å². The summed E-state index contributed by atoms with van der Waals surface area (Å²) in [5.41, 5.74) is 2.65. The van der Waals surface area contributed by atoms with Crippen LogP contribution in [0.2, 0.25) is 0 Å². The molecule has 0 unspecified atom stereocenters. The number of nitrogens with zero attached hydrogens (tertiary/aromatic N) is 4. The van der Waals surface area contributed by atoms with Crippen molar-refractivity contribution in [3.8, 4) is 0 Å². The van der Waals surface area contributed by atoms with Crippen molar-refractivity contribution in [3.05, 3.63) is 89.2 Å². The monoisotopic (exact) mass is 511 g/mol. The Morgan fingerprint density at radius 2 is 1.51 bits per heavy atom. The molecule has 0 atom stereocenters. The van der Waals surface area contributed by atoms with E-state index in [1.54, 1.807) is 18.2 Å². The largest absolute Gasteiger partial charge is 0.367 e. The average molecular weight is 512 g/mol. The van der Waals surface area contributed by atoms with Gasteiger partial charge >= 0.3 is 0 Å². The molecule has 1 saturated heterocycles. The summed E-state index contributed by atoms with van der Waals surface area (Å²) in [5.74, 6) is 0.967. The normalized spacial score (nSPS) is 14.4. The van der Waals surface area contributed by atoms with Gasteiger partial charge in [0.2, 0.25) is 10.0 Å². The molecule has 1 fully saturated rings. The first kappa shape index (κ1) is 23.2. The van der Waals surface area contributed by atoms with Crippen molar-refractivity contribution < 1.29 is 8.42 Å². The highest BCUT2D eigenvalue weighted by Crippen LogP contribution is 2.24. The van der Waals surface area contributed by atoms with Gasteiger partial charge in [0, 0.05) is 42.6 Å². The molecule has 3 aromatic carbocycles. The van der Waals surface area contributed by atoms with Gasteiger partial charge < -0.3 is 9.80 Å². The SMILES string of the molecule is CS(=O)(=O)Nc1ccc2ccc3ncc(N4CCN(c5ccc6ccccc6n5)CC4)cc3c(=O)c2c1. The van der Waals surface area contributed by atoms with Crippen LogP contribution in [-0.2, 0) is 10.0 Å². The summed E-state index contributed by atoms with van der Waals surface area (Å²) in [6, 6.07) is 22.8. The molecule has 0 amide bonds. The lowest BCUT2D eigenvalue weighted by molar-refractivity contribution is 0.607. The lowest BCUT2D eigenvalue weighted by atomic mass is 10.1. The topological polar surface area (TPSA) is 95.5 Å². The molecule has 6 rings (SSSR count). The first-order chi connectivity index (χ1) is 17.8. The molecular weight excluding hydrogens is 486 g/mol. The predicted octanol–water partition coefficient (Wildman–Crippen LogP) is 3.99. The molecule has 1 aliphatic rings. The molecule has 8 nitrogen and oxygen atoms in total. The van der Waals surface area contributed by atoms with E-state index in [9.17, 15) is 13.2 Å². The highest BCUT2D eigenvalue weighted by Gasteiger charge is 2.19. The minimum atomic E-state index is -3.45. The van der Waals surface area contributed by atoms with Crippen LogP contribution in [0, 0.1) is 0 Å². The van der Waals surface area contributed by atoms with Gasteiger partial charge in [-0.2, -0.15) is 0 Å². The van der Waals surface area contributed by atoms with Crippen molar-refractivity contribution in [3.63, 3.8) is 0 Å². The number of benzene rings is 2. The zero-order valence-corrected chi connectivity index (χ0v) is 21.1. The molecule has 3 heterocycles. The van der Waals surface area contributed by atoms with E-state index in [1.807, 2.05) is 42.6 Å². The van der Waals surface area contributed by atoms with Crippen LogP contribution < -0.4 is 20.0 Å². The van der Waals surface area contributed by atoms with Gasteiger partial charge in [-0.3, -0.25) is 14.5 Å². The summed E-state index contributed by atoms with van der Waals surface area (Å²) in [5, 5.41) is 2.79. The summed E-state index contributed by atoms with van der Waals surface area (Å²) in [4.78, 5) is 27.5. The van der Waals surface area contributed by atoms with Crippen LogP contribution in [0.15, 0.2) is 83.8 Å². The summed E-state index contributed by atoms with van der Waals surface area (Å²) < 4.78 is 25.8. The van der Waals surface area contributed by atoms with Crippen molar-refractivity contribution in [1.29, 1.82) is 0 Å². The maximum Gasteiger partial charge on any atom is 0.229 e. The number of aromatic nitrogens is 2. The van der Waals surface area contributed by atoms with E-state index in [4.69, 9.17) is 4.98 Å². The Hall–Kier alpha value is -4.24. The van der Waals surface area contributed by atoms with Gasteiger partial charge in [0.1, 0.15) is 5.82 Å². The van der Waals surface area contributed by atoms with Crippen LogP contribution >= 0.6 is 0 Å². The van der Waals surface area contributed by atoms with Crippen LogP contribution in [0.4, 0.5) is 17.2 Å². The highest BCUT2D eigenvalue weighted by atomic mass is 32.2. The van der Waals surface area contributed by atoms with Gasteiger partial charge in [0.15, 0.2) is 5.43 Å². The Morgan fingerprint density at radius 3 is 2.32 bits per heavy atom. The second kappa shape index (κ2) is 9.01. The Balaban J connectivity index is 1.30. The maximum atomic E-state index is 13.5. The maximum absolute atomic E-state index is 13.5. The van der Waals surface area contributed by atoms with Gasteiger partial charge in [0.25, 0.3) is 0 Å². The van der Waals surface area contributed by atoms with Crippen molar-refractivity contribution in [2.24, 2.45) is 0 Å². The van der Waals surface area contributed by atoms with E-state index in [2.05, 4.69) is 37.7 Å². The number of anilines is 3. The van der Waals surface area contributed by atoms with Crippen LogP contribution in [-0.4, -0.2) is 50.8 Å². The van der Waals surface area contributed by atoms with Gasteiger partial charge in [0.05, 0.1) is 34.6 Å². The number of piperazine rings is 1. The standard InChI is InChI=1S/C28H25N5O3S/c1-37(35,36)31-21-9-6-19-7-10-26-24(28(34)23(19)16-21)17-22(18-29-26)32-12-14-33(15-13-32)27-11-8-20-4-2-3-5-25(20)30-27/h2-11,16-18,31H,12-15H2,1H3.